The van der Waals surface area contributed by atoms with Crippen LogP contribution in [0, 0.1) is 0 Å². The normalized spacial score (nSPS) is 9.87. The average molecular weight is 199 g/mol. The lowest BCUT2D eigenvalue weighted by Crippen LogP contribution is -1.89. The summed E-state index contributed by atoms with van der Waals surface area (Å²) in [6.07, 6.45) is 3.46. The van der Waals surface area contributed by atoms with Gasteiger partial charge in [0.2, 0.25) is 0 Å². The molecule has 0 saturated heterocycles. The predicted octanol–water partition coefficient (Wildman–Crippen LogP) is 2.27. The number of benzene rings is 1. The van der Waals surface area contributed by atoms with E-state index in [1.54, 1.807) is 0 Å². The molecule has 3 nitrogen and oxygen atoms in total. The van der Waals surface area contributed by atoms with Gasteiger partial charge in [0.05, 0.1) is 6.20 Å². The molecule has 2 rings (SSSR count). The van der Waals surface area contributed by atoms with Crippen LogP contribution in [0.2, 0.25) is 0 Å². The van der Waals surface area contributed by atoms with Crippen LogP contribution in [0.15, 0.2) is 42.7 Å². The topological polar surface area (TPSA) is 50.2 Å². The predicted molar refractivity (Wildman–Crippen MR) is 56.7 cm³/mol. The highest BCUT2D eigenvalue weighted by atomic mass is 16.3. The van der Waals surface area contributed by atoms with E-state index < -0.39 is 0 Å². The minimum absolute atomic E-state index is 0.0193. The molecule has 1 aromatic heterocycles. The number of aromatic nitrogens is 1. The molecule has 0 saturated carbocycles. The van der Waals surface area contributed by atoms with E-state index in [1.165, 1.54) is 12.4 Å². The maximum absolute atomic E-state index is 10.8. The van der Waals surface area contributed by atoms with E-state index in [4.69, 9.17) is 0 Å². The molecule has 1 heterocycles. The molecule has 15 heavy (non-hydrogen) atoms. The molecule has 0 amide bonds. The lowest BCUT2D eigenvalue weighted by molar-refractivity contribution is 0.112. The first-order valence-electron chi connectivity index (χ1n) is 4.50. The Bertz CT molecular complexity index is 480. The van der Waals surface area contributed by atoms with E-state index in [9.17, 15) is 9.90 Å². The third-order valence-corrected chi connectivity index (χ3v) is 2.14. The van der Waals surface area contributed by atoms with Crippen molar-refractivity contribution in [3.8, 4) is 16.9 Å². The summed E-state index contributed by atoms with van der Waals surface area (Å²) in [5, 5.41) is 9.65. The van der Waals surface area contributed by atoms with Crippen molar-refractivity contribution in [3.63, 3.8) is 0 Å². The largest absolute Gasteiger partial charge is 0.506 e. The van der Waals surface area contributed by atoms with E-state index >= 15 is 0 Å². The third-order valence-electron chi connectivity index (χ3n) is 2.14. The van der Waals surface area contributed by atoms with Crippen LogP contribution in [0.4, 0.5) is 0 Å². The summed E-state index contributed by atoms with van der Waals surface area (Å²) in [5.74, 6) is 0.0193. The van der Waals surface area contributed by atoms with Crippen LogP contribution in [-0.2, 0) is 0 Å². The Balaban J connectivity index is 2.66. The Morgan fingerprint density at radius 3 is 2.53 bits per heavy atom. The summed E-state index contributed by atoms with van der Waals surface area (Å²) in [6, 6.07) is 9.25. The first-order valence-corrected chi connectivity index (χ1v) is 4.50. The van der Waals surface area contributed by atoms with Crippen molar-refractivity contribution in [2.75, 3.05) is 0 Å². The molecule has 0 fully saturated rings. The molecular formula is C12H9NO2. The van der Waals surface area contributed by atoms with Crippen LogP contribution in [0.25, 0.3) is 11.1 Å². The fourth-order valence-corrected chi connectivity index (χ4v) is 1.47. The van der Waals surface area contributed by atoms with Crippen molar-refractivity contribution >= 4 is 6.29 Å². The number of nitrogens with zero attached hydrogens (tertiary/aromatic N) is 1. The average Bonchev–Trinajstić information content (AvgIpc) is 2.29. The minimum Gasteiger partial charge on any atom is -0.506 e. The van der Waals surface area contributed by atoms with Crippen LogP contribution in [0.5, 0.6) is 5.75 Å². The molecular weight excluding hydrogens is 190 g/mol. The van der Waals surface area contributed by atoms with Crippen molar-refractivity contribution in [1.29, 1.82) is 0 Å². The molecule has 0 aliphatic carbocycles. The van der Waals surface area contributed by atoms with E-state index in [0.717, 1.165) is 5.56 Å². The number of hydrogen-bond donors (Lipinski definition) is 1. The smallest absolute Gasteiger partial charge is 0.152 e. The van der Waals surface area contributed by atoms with Gasteiger partial charge in [-0.15, -0.1) is 0 Å². The van der Waals surface area contributed by atoms with Gasteiger partial charge in [0.25, 0.3) is 0 Å². The van der Waals surface area contributed by atoms with E-state index in [0.29, 0.717) is 17.4 Å². The monoisotopic (exact) mass is 199 g/mol. The molecule has 2 aromatic rings. The number of aromatic hydroxyl groups is 1. The molecule has 0 radical (unpaired) electrons. The van der Waals surface area contributed by atoms with E-state index in [2.05, 4.69) is 4.98 Å². The molecule has 0 unspecified atom stereocenters. The molecule has 0 bridgehead atoms. The second-order valence-corrected chi connectivity index (χ2v) is 3.11. The van der Waals surface area contributed by atoms with Gasteiger partial charge in [0.15, 0.2) is 6.29 Å². The molecule has 3 heteroatoms. The zero-order valence-corrected chi connectivity index (χ0v) is 7.92. The molecule has 0 aliphatic rings. The van der Waals surface area contributed by atoms with Crippen molar-refractivity contribution in [2.45, 2.75) is 0 Å². The number of aldehydes is 1. The summed E-state index contributed by atoms with van der Waals surface area (Å²) in [4.78, 5) is 14.6. The summed E-state index contributed by atoms with van der Waals surface area (Å²) in [6.45, 7) is 0. The van der Waals surface area contributed by atoms with Crippen molar-refractivity contribution in [1.82, 2.24) is 4.98 Å². The Hall–Kier alpha value is -2.16. The van der Waals surface area contributed by atoms with Crippen molar-refractivity contribution < 1.29 is 9.90 Å². The van der Waals surface area contributed by atoms with Gasteiger partial charge in [0, 0.05) is 17.3 Å². The van der Waals surface area contributed by atoms with Gasteiger partial charge in [-0.05, 0) is 5.56 Å². The second kappa shape index (κ2) is 3.92. The van der Waals surface area contributed by atoms with Gasteiger partial charge in [-0.25, -0.2) is 0 Å². The molecule has 0 spiro atoms. The number of hydrogen-bond acceptors (Lipinski definition) is 3. The van der Waals surface area contributed by atoms with E-state index in [1.807, 2.05) is 30.3 Å². The molecule has 0 atom stereocenters. The SMILES string of the molecule is O=Cc1cncc(O)c1-c1ccccc1. The number of carbonyl (C=O) groups is 1. The second-order valence-electron chi connectivity index (χ2n) is 3.11. The zero-order valence-electron chi connectivity index (χ0n) is 7.92. The summed E-state index contributed by atoms with van der Waals surface area (Å²) >= 11 is 0. The van der Waals surface area contributed by atoms with Crippen LogP contribution in [0.1, 0.15) is 10.4 Å². The Kier molecular flexibility index (Phi) is 2.46. The fourth-order valence-electron chi connectivity index (χ4n) is 1.47. The molecule has 0 aliphatic heterocycles. The molecule has 74 valence electrons. The number of pyridine rings is 1. The summed E-state index contributed by atoms with van der Waals surface area (Å²) in [5.41, 5.74) is 1.72. The van der Waals surface area contributed by atoms with Gasteiger partial charge in [-0.1, -0.05) is 30.3 Å². The van der Waals surface area contributed by atoms with Gasteiger partial charge in [0.1, 0.15) is 5.75 Å². The molecule has 1 aromatic carbocycles. The lowest BCUT2D eigenvalue weighted by atomic mass is 10.0. The first-order chi connectivity index (χ1) is 7.33. The van der Waals surface area contributed by atoms with Gasteiger partial charge < -0.3 is 5.11 Å². The van der Waals surface area contributed by atoms with Crippen molar-refractivity contribution in [2.24, 2.45) is 0 Å². The highest BCUT2D eigenvalue weighted by Crippen LogP contribution is 2.30. The third kappa shape index (κ3) is 1.72. The van der Waals surface area contributed by atoms with Crippen molar-refractivity contribution in [3.05, 3.63) is 48.3 Å². The number of rotatable bonds is 2. The van der Waals surface area contributed by atoms with E-state index in [-0.39, 0.29) is 5.75 Å². The Morgan fingerprint density at radius 1 is 1.13 bits per heavy atom. The Morgan fingerprint density at radius 2 is 1.87 bits per heavy atom. The number of carbonyl (C=O) groups excluding carboxylic acids is 1. The highest BCUT2D eigenvalue weighted by Gasteiger charge is 2.09. The summed E-state index contributed by atoms with van der Waals surface area (Å²) < 4.78 is 0. The zero-order chi connectivity index (χ0) is 10.7. The maximum Gasteiger partial charge on any atom is 0.152 e. The van der Waals surface area contributed by atoms with Crippen LogP contribution in [0.3, 0.4) is 0 Å². The van der Waals surface area contributed by atoms with Crippen LogP contribution < -0.4 is 0 Å². The quantitative estimate of drug-likeness (QED) is 0.755. The first kappa shape index (κ1) is 9.40. The van der Waals surface area contributed by atoms with Gasteiger partial charge in [-0.2, -0.15) is 0 Å². The lowest BCUT2D eigenvalue weighted by Gasteiger charge is -2.06. The van der Waals surface area contributed by atoms with Crippen LogP contribution >= 0.6 is 0 Å². The summed E-state index contributed by atoms with van der Waals surface area (Å²) in [7, 11) is 0. The van der Waals surface area contributed by atoms with Gasteiger partial charge in [-0.3, -0.25) is 9.78 Å². The highest BCUT2D eigenvalue weighted by molar-refractivity contribution is 5.89. The standard InChI is InChI=1S/C12H9NO2/c14-8-10-6-13-7-11(15)12(10)9-4-2-1-3-5-9/h1-8,15H. The molecule has 1 N–H and O–H groups in total. The van der Waals surface area contributed by atoms with Crippen LogP contribution in [-0.4, -0.2) is 16.4 Å². The van der Waals surface area contributed by atoms with Gasteiger partial charge >= 0.3 is 0 Å². The fraction of sp³-hybridized carbons (Fsp3) is 0. The Labute approximate surface area is 87.0 Å². The minimum atomic E-state index is 0.0193. The maximum atomic E-state index is 10.8.